The highest BCUT2D eigenvalue weighted by molar-refractivity contribution is 5.95. The molecule has 6 atom stereocenters. The largest absolute Gasteiger partial charge is 0.341 e. The Hall–Kier alpha value is -1.23. The number of terminal acetylenes is 1. The Labute approximate surface area is 153 Å². The monoisotopic (exact) mass is 339 g/mol. The number of allylic oxidation sites excluding steroid dienone is 1. The highest BCUT2D eigenvalue weighted by atomic mass is 16.1. The standard InChI is InChI=1S/C23H33NO/c1-4-15-24-21(25)20-11-10-18-17-9-8-16-7-5-6-13-22(16,2)19(17)12-14-23(18,20)3/h1,11,16-19H,5-10,12-15H2,2-3H3,(H,24,25)/t16-,17+,18+,19+,22+,23+/m1/s1. The maximum atomic E-state index is 12.6. The first-order valence-electron chi connectivity index (χ1n) is 10.4. The van der Waals surface area contributed by atoms with Crippen molar-refractivity contribution in [3.05, 3.63) is 11.6 Å². The van der Waals surface area contributed by atoms with Gasteiger partial charge in [0.1, 0.15) is 0 Å². The Morgan fingerprint density at radius 3 is 2.84 bits per heavy atom. The summed E-state index contributed by atoms with van der Waals surface area (Å²) in [5.74, 6) is 5.93. The van der Waals surface area contributed by atoms with Gasteiger partial charge in [-0.3, -0.25) is 4.79 Å². The quantitative estimate of drug-likeness (QED) is 0.726. The summed E-state index contributed by atoms with van der Waals surface area (Å²) in [6.45, 7) is 5.30. The van der Waals surface area contributed by atoms with Crippen LogP contribution in [0.3, 0.4) is 0 Å². The summed E-state index contributed by atoms with van der Waals surface area (Å²) in [6.07, 6.45) is 19.7. The lowest BCUT2D eigenvalue weighted by atomic mass is 9.45. The normalized spacial score (nSPS) is 45.4. The fourth-order valence-corrected chi connectivity index (χ4v) is 7.44. The molecule has 0 spiro atoms. The molecule has 3 fully saturated rings. The van der Waals surface area contributed by atoms with Gasteiger partial charge in [-0.25, -0.2) is 0 Å². The minimum atomic E-state index is 0.0672. The van der Waals surface area contributed by atoms with Gasteiger partial charge in [-0.1, -0.05) is 38.7 Å². The third kappa shape index (κ3) is 2.49. The Kier molecular flexibility index (Phi) is 4.25. The molecule has 1 amide bonds. The van der Waals surface area contributed by atoms with E-state index in [-0.39, 0.29) is 11.3 Å². The van der Waals surface area contributed by atoms with Gasteiger partial charge in [-0.05, 0) is 74.0 Å². The molecule has 0 radical (unpaired) electrons. The van der Waals surface area contributed by atoms with Gasteiger partial charge >= 0.3 is 0 Å². The molecule has 0 heterocycles. The number of hydrogen-bond acceptors (Lipinski definition) is 1. The van der Waals surface area contributed by atoms with Crippen molar-refractivity contribution in [1.82, 2.24) is 5.32 Å². The molecular formula is C23H33NO. The molecule has 4 aliphatic rings. The fraction of sp³-hybridized carbons (Fsp3) is 0.783. The van der Waals surface area contributed by atoms with E-state index in [1.807, 2.05) is 0 Å². The van der Waals surface area contributed by atoms with E-state index >= 15 is 0 Å². The second-order valence-corrected chi connectivity index (χ2v) is 9.60. The molecule has 136 valence electrons. The number of carbonyl (C=O) groups excluding carboxylic acids is 1. The Bertz CT molecular complexity index is 628. The van der Waals surface area contributed by atoms with Crippen LogP contribution in [0.25, 0.3) is 0 Å². The van der Waals surface area contributed by atoms with E-state index in [2.05, 4.69) is 31.2 Å². The fourth-order valence-electron chi connectivity index (χ4n) is 7.44. The van der Waals surface area contributed by atoms with E-state index < -0.39 is 0 Å². The molecule has 0 bridgehead atoms. The summed E-state index contributed by atoms with van der Waals surface area (Å²) in [4.78, 5) is 12.6. The van der Waals surface area contributed by atoms with Crippen molar-refractivity contribution in [2.45, 2.75) is 71.6 Å². The van der Waals surface area contributed by atoms with Gasteiger partial charge < -0.3 is 5.32 Å². The minimum Gasteiger partial charge on any atom is -0.341 e. The van der Waals surface area contributed by atoms with E-state index in [0.29, 0.717) is 17.9 Å². The van der Waals surface area contributed by atoms with Crippen LogP contribution in [-0.4, -0.2) is 12.5 Å². The number of rotatable bonds is 2. The zero-order valence-corrected chi connectivity index (χ0v) is 15.9. The van der Waals surface area contributed by atoms with Crippen LogP contribution in [0.5, 0.6) is 0 Å². The second-order valence-electron chi connectivity index (χ2n) is 9.60. The Morgan fingerprint density at radius 2 is 2.04 bits per heavy atom. The van der Waals surface area contributed by atoms with Gasteiger partial charge in [-0.2, -0.15) is 0 Å². The summed E-state index contributed by atoms with van der Waals surface area (Å²) in [7, 11) is 0. The second kappa shape index (κ2) is 6.19. The predicted molar refractivity (Wildman–Crippen MR) is 102 cm³/mol. The topological polar surface area (TPSA) is 29.1 Å². The van der Waals surface area contributed by atoms with Gasteiger partial charge in [0.15, 0.2) is 0 Å². The molecule has 4 rings (SSSR count). The van der Waals surface area contributed by atoms with Crippen molar-refractivity contribution >= 4 is 5.91 Å². The van der Waals surface area contributed by atoms with Crippen LogP contribution in [0.15, 0.2) is 11.6 Å². The molecule has 0 aromatic heterocycles. The van der Waals surface area contributed by atoms with Crippen molar-refractivity contribution < 1.29 is 4.79 Å². The van der Waals surface area contributed by atoms with Gasteiger partial charge in [-0.15, -0.1) is 6.42 Å². The minimum absolute atomic E-state index is 0.0672. The lowest BCUT2D eigenvalue weighted by Gasteiger charge is -2.60. The smallest absolute Gasteiger partial charge is 0.248 e. The molecule has 0 aliphatic heterocycles. The number of fused-ring (bicyclic) bond motifs is 5. The van der Waals surface area contributed by atoms with Crippen LogP contribution >= 0.6 is 0 Å². The maximum absolute atomic E-state index is 12.6. The molecule has 0 saturated heterocycles. The van der Waals surface area contributed by atoms with Crippen molar-refractivity contribution in [2.24, 2.45) is 34.5 Å². The van der Waals surface area contributed by atoms with Crippen molar-refractivity contribution in [3.63, 3.8) is 0 Å². The van der Waals surface area contributed by atoms with E-state index in [1.165, 1.54) is 51.4 Å². The van der Waals surface area contributed by atoms with E-state index in [0.717, 1.165) is 29.7 Å². The maximum Gasteiger partial charge on any atom is 0.248 e. The first kappa shape index (κ1) is 17.2. The summed E-state index contributed by atoms with van der Waals surface area (Å²) in [5, 5.41) is 2.91. The average molecular weight is 340 g/mol. The molecular weight excluding hydrogens is 306 g/mol. The SMILES string of the molecule is C#CCNC(=O)C1=CC[C@H]2[C@@H]3CC[C@H]4CCCC[C@]4(C)[C@H]3CC[C@]12C. The number of nitrogens with one attached hydrogen (secondary N) is 1. The van der Waals surface area contributed by atoms with Gasteiger partial charge in [0.05, 0.1) is 6.54 Å². The third-order valence-electron chi connectivity index (χ3n) is 8.76. The Balaban J connectivity index is 1.56. The average Bonchev–Trinajstić information content (AvgIpc) is 2.96. The summed E-state index contributed by atoms with van der Waals surface area (Å²) >= 11 is 0. The lowest BCUT2D eigenvalue weighted by molar-refractivity contribution is -0.122. The number of hydrogen-bond donors (Lipinski definition) is 1. The molecule has 0 aromatic carbocycles. The summed E-state index contributed by atoms with van der Waals surface area (Å²) < 4.78 is 0. The van der Waals surface area contributed by atoms with Gasteiger partial charge in [0.25, 0.3) is 0 Å². The molecule has 1 N–H and O–H groups in total. The molecule has 3 saturated carbocycles. The molecule has 25 heavy (non-hydrogen) atoms. The zero-order valence-electron chi connectivity index (χ0n) is 15.9. The zero-order chi connectivity index (χ0) is 17.7. The van der Waals surface area contributed by atoms with Crippen LogP contribution in [-0.2, 0) is 4.79 Å². The van der Waals surface area contributed by atoms with Gasteiger partial charge in [0.2, 0.25) is 5.91 Å². The van der Waals surface area contributed by atoms with Crippen molar-refractivity contribution in [1.29, 1.82) is 0 Å². The molecule has 0 aromatic rings. The van der Waals surface area contributed by atoms with E-state index in [1.54, 1.807) is 0 Å². The van der Waals surface area contributed by atoms with E-state index in [4.69, 9.17) is 6.42 Å². The first-order chi connectivity index (χ1) is 12.0. The van der Waals surface area contributed by atoms with Crippen LogP contribution in [0, 0.1) is 46.8 Å². The third-order valence-corrected chi connectivity index (χ3v) is 8.76. The molecule has 0 unspecified atom stereocenters. The number of amides is 1. The molecule has 2 nitrogen and oxygen atoms in total. The van der Waals surface area contributed by atoms with Crippen molar-refractivity contribution in [3.8, 4) is 12.3 Å². The summed E-state index contributed by atoms with van der Waals surface area (Å²) in [5.41, 5.74) is 1.66. The van der Waals surface area contributed by atoms with Gasteiger partial charge in [0, 0.05) is 11.0 Å². The lowest BCUT2D eigenvalue weighted by Crippen LogP contribution is -2.53. The van der Waals surface area contributed by atoms with E-state index in [9.17, 15) is 4.79 Å². The van der Waals surface area contributed by atoms with Crippen LogP contribution in [0.4, 0.5) is 0 Å². The Morgan fingerprint density at radius 1 is 1.20 bits per heavy atom. The highest BCUT2D eigenvalue weighted by Crippen LogP contribution is 2.66. The highest BCUT2D eigenvalue weighted by Gasteiger charge is 2.58. The van der Waals surface area contributed by atoms with Crippen molar-refractivity contribution in [2.75, 3.05) is 6.54 Å². The van der Waals surface area contributed by atoms with Crippen LogP contribution in [0.2, 0.25) is 0 Å². The number of carbonyl (C=O) groups is 1. The molecule has 2 heteroatoms. The van der Waals surface area contributed by atoms with Crippen LogP contribution < -0.4 is 5.32 Å². The molecule has 4 aliphatic carbocycles. The first-order valence-corrected chi connectivity index (χ1v) is 10.4. The summed E-state index contributed by atoms with van der Waals surface area (Å²) in [6, 6.07) is 0. The van der Waals surface area contributed by atoms with Crippen LogP contribution in [0.1, 0.15) is 71.6 Å². The predicted octanol–water partition coefficient (Wildman–Crippen LogP) is 4.70.